The molecule has 0 aromatic heterocycles. The summed E-state index contributed by atoms with van der Waals surface area (Å²) in [5, 5.41) is 0. The normalized spacial score (nSPS) is 43.4. The Morgan fingerprint density at radius 2 is 1.93 bits per heavy atom. The highest BCUT2D eigenvalue weighted by atomic mass is 16.5. The molecule has 0 radical (unpaired) electrons. The number of hydrogen-bond donors (Lipinski definition) is 0. The first kappa shape index (κ1) is 20.2. The molecule has 0 N–H and O–H groups in total. The molecule has 0 heterocycles. The van der Waals surface area contributed by atoms with Gasteiger partial charge in [-0.2, -0.15) is 0 Å². The van der Waals surface area contributed by atoms with Gasteiger partial charge in [0.2, 0.25) is 0 Å². The first-order valence-electron chi connectivity index (χ1n) is 11.6. The summed E-state index contributed by atoms with van der Waals surface area (Å²) in [5.74, 6) is 4.03. The molecule has 0 aromatic rings. The number of carbonyl (C=O) groups is 2. The van der Waals surface area contributed by atoms with Gasteiger partial charge in [0.15, 0.2) is 5.78 Å². The van der Waals surface area contributed by atoms with Crippen LogP contribution in [-0.4, -0.2) is 18.9 Å². The Labute approximate surface area is 170 Å². The lowest BCUT2D eigenvalue weighted by molar-refractivity contribution is -0.141. The lowest BCUT2D eigenvalue weighted by Crippen LogP contribution is -2.51. The Balaban J connectivity index is 1.51. The van der Waals surface area contributed by atoms with Crippen molar-refractivity contribution in [3.05, 3.63) is 11.6 Å². The number of methoxy groups -OCH3 is 1. The van der Waals surface area contributed by atoms with E-state index in [1.807, 2.05) is 6.08 Å². The van der Waals surface area contributed by atoms with E-state index in [-0.39, 0.29) is 11.4 Å². The van der Waals surface area contributed by atoms with Gasteiger partial charge in [0, 0.05) is 12.8 Å². The molecule has 156 valence electrons. The number of hydrogen-bond acceptors (Lipinski definition) is 3. The van der Waals surface area contributed by atoms with Gasteiger partial charge < -0.3 is 4.74 Å². The van der Waals surface area contributed by atoms with E-state index in [4.69, 9.17) is 4.74 Å². The van der Waals surface area contributed by atoms with Gasteiger partial charge in [0.05, 0.1) is 7.11 Å². The molecule has 0 amide bonds. The van der Waals surface area contributed by atoms with Gasteiger partial charge in [-0.3, -0.25) is 9.59 Å². The first-order chi connectivity index (χ1) is 13.3. The zero-order valence-electron chi connectivity index (χ0n) is 18.3. The van der Waals surface area contributed by atoms with E-state index in [0.29, 0.717) is 23.5 Å². The second-order valence-electron chi connectivity index (χ2n) is 10.8. The van der Waals surface area contributed by atoms with Crippen LogP contribution in [-0.2, 0) is 14.3 Å². The summed E-state index contributed by atoms with van der Waals surface area (Å²) < 4.78 is 4.87. The molecular weight excluding hydrogens is 348 g/mol. The third-order valence-corrected chi connectivity index (χ3v) is 9.75. The molecule has 4 aliphatic rings. The monoisotopic (exact) mass is 386 g/mol. The number of ether oxygens (including phenoxy) is 1. The molecule has 28 heavy (non-hydrogen) atoms. The van der Waals surface area contributed by atoms with E-state index in [0.717, 1.165) is 49.4 Å². The first-order valence-corrected chi connectivity index (χ1v) is 11.6. The van der Waals surface area contributed by atoms with Crippen LogP contribution in [0.25, 0.3) is 0 Å². The highest BCUT2D eigenvalue weighted by molar-refractivity contribution is 5.91. The molecule has 0 spiro atoms. The molecule has 3 heteroatoms. The van der Waals surface area contributed by atoms with Crippen LogP contribution in [0.15, 0.2) is 11.6 Å². The quantitative estimate of drug-likeness (QED) is 0.580. The summed E-state index contributed by atoms with van der Waals surface area (Å²) in [6.45, 7) is 7.40. The summed E-state index contributed by atoms with van der Waals surface area (Å²) in [6, 6.07) is 0. The minimum Gasteiger partial charge on any atom is -0.469 e. The van der Waals surface area contributed by atoms with Crippen molar-refractivity contribution in [1.29, 1.82) is 0 Å². The number of esters is 1. The van der Waals surface area contributed by atoms with Crippen LogP contribution in [0.3, 0.4) is 0 Å². The Hall–Kier alpha value is -1.12. The summed E-state index contributed by atoms with van der Waals surface area (Å²) in [4.78, 5) is 23.6. The largest absolute Gasteiger partial charge is 0.469 e. The Morgan fingerprint density at radius 1 is 1.14 bits per heavy atom. The van der Waals surface area contributed by atoms with E-state index >= 15 is 0 Å². The fraction of sp³-hybridized carbons (Fsp3) is 0.840. The van der Waals surface area contributed by atoms with E-state index in [2.05, 4.69) is 20.8 Å². The van der Waals surface area contributed by atoms with E-state index in [1.165, 1.54) is 44.8 Å². The van der Waals surface area contributed by atoms with Crippen molar-refractivity contribution >= 4 is 11.8 Å². The number of fused-ring (bicyclic) bond motifs is 5. The highest BCUT2D eigenvalue weighted by Crippen LogP contribution is 2.67. The average molecular weight is 387 g/mol. The van der Waals surface area contributed by atoms with Gasteiger partial charge >= 0.3 is 5.97 Å². The smallest absolute Gasteiger partial charge is 0.305 e. The molecule has 3 fully saturated rings. The van der Waals surface area contributed by atoms with Gasteiger partial charge in [-0.25, -0.2) is 0 Å². The second-order valence-corrected chi connectivity index (χ2v) is 10.8. The van der Waals surface area contributed by atoms with Gasteiger partial charge in [0.1, 0.15) is 0 Å². The number of rotatable bonds is 4. The zero-order valence-corrected chi connectivity index (χ0v) is 18.3. The summed E-state index contributed by atoms with van der Waals surface area (Å²) >= 11 is 0. The molecule has 0 aromatic carbocycles. The van der Waals surface area contributed by atoms with Crippen LogP contribution in [0.4, 0.5) is 0 Å². The molecule has 7 atom stereocenters. The second kappa shape index (κ2) is 7.29. The molecule has 0 unspecified atom stereocenters. The summed E-state index contributed by atoms with van der Waals surface area (Å²) in [6.07, 6.45) is 13.1. The number of allylic oxidation sites excluding steroid dienone is 1. The maximum absolute atomic E-state index is 12.0. The minimum atomic E-state index is -0.0679. The van der Waals surface area contributed by atoms with Crippen LogP contribution in [0.2, 0.25) is 0 Å². The van der Waals surface area contributed by atoms with Crippen molar-refractivity contribution in [3.8, 4) is 0 Å². The highest BCUT2D eigenvalue weighted by Gasteiger charge is 2.59. The van der Waals surface area contributed by atoms with Gasteiger partial charge in [-0.05, 0) is 97.9 Å². The van der Waals surface area contributed by atoms with Gasteiger partial charge in [0.25, 0.3) is 0 Å². The third-order valence-electron chi connectivity index (χ3n) is 9.75. The van der Waals surface area contributed by atoms with E-state index < -0.39 is 0 Å². The van der Waals surface area contributed by atoms with Crippen molar-refractivity contribution in [2.45, 2.75) is 85.0 Å². The topological polar surface area (TPSA) is 43.4 Å². The van der Waals surface area contributed by atoms with Gasteiger partial charge in [-0.15, -0.1) is 0 Å². The van der Waals surface area contributed by atoms with Gasteiger partial charge in [-0.1, -0.05) is 26.3 Å². The van der Waals surface area contributed by atoms with Crippen molar-refractivity contribution in [3.63, 3.8) is 0 Å². The molecule has 0 saturated heterocycles. The lowest BCUT2D eigenvalue weighted by Gasteiger charge is -2.58. The molecule has 4 aliphatic carbocycles. The predicted octanol–water partition coefficient (Wildman–Crippen LogP) is 5.72. The van der Waals surface area contributed by atoms with Crippen LogP contribution in [0, 0.1) is 40.4 Å². The Bertz CT molecular complexity index is 679. The van der Waals surface area contributed by atoms with Crippen molar-refractivity contribution < 1.29 is 14.3 Å². The number of ketones is 1. The Morgan fingerprint density at radius 3 is 2.68 bits per heavy atom. The van der Waals surface area contributed by atoms with Crippen molar-refractivity contribution in [1.82, 2.24) is 0 Å². The Kier molecular flexibility index (Phi) is 5.25. The van der Waals surface area contributed by atoms with Crippen LogP contribution >= 0.6 is 0 Å². The zero-order chi connectivity index (χ0) is 20.1. The fourth-order valence-electron chi connectivity index (χ4n) is 8.18. The lowest BCUT2D eigenvalue weighted by atomic mass is 9.46. The predicted molar refractivity (Wildman–Crippen MR) is 111 cm³/mol. The van der Waals surface area contributed by atoms with E-state index in [1.54, 1.807) is 0 Å². The molecule has 4 rings (SSSR count). The maximum atomic E-state index is 12.0. The molecular formula is C25H38O3. The van der Waals surface area contributed by atoms with Crippen LogP contribution in [0.5, 0.6) is 0 Å². The van der Waals surface area contributed by atoms with Crippen molar-refractivity contribution in [2.24, 2.45) is 40.4 Å². The molecule has 0 bridgehead atoms. The summed E-state index contributed by atoms with van der Waals surface area (Å²) in [7, 11) is 1.49. The minimum absolute atomic E-state index is 0.0679. The van der Waals surface area contributed by atoms with Crippen molar-refractivity contribution in [2.75, 3.05) is 7.11 Å². The molecule has 0 aliphatic heterocycles. The van der Waals surface area contributed by atoms with Crippen LogP contribution < -0.4 is 0 Å². The number of carbonyl (C=O) groups excluding carboxylic acids is 2. The maximum Gasteiger partial charge on any atom is 0.305 e. The fourth-order valence-corrected chi connectivity index (χ4v) is 8.18. The van der Waals surface area contributed by atoms with E-state index in [9.17, 15) is 9.59 Å². The summed E-state index contributed by atoms with van der Waals surface area (Å²) in [5.41, 5.74) is 2.17. The SMILES string of the molecule is COC(=O)CC[C@H](C)[C@@H]1CC[C@@H]2[C@H]3CCC4=CC(=O)CC[C@]4(C)[C@H]3CC[C@@]21C. The third kappa shape index (κ3) is 3.08. The van der Waals surface area contributed by atoms with Crippen LogP contribution in [0.1, 0.15) is 85.0 Å². The average Bonchev–Trinajstić information content (AvgIpc) is 3.03. The molecule has 3 nitrogen and oxygen atoms in total. The standard InChI is InChI=1S/C25H38O3/c1-16(5-10-23(27)28-4)20-8-9-21-19-7-6-17-15-18(26)11-13-24(17,2)22(19)12-14-25(20,21)3/h15-16,19-22H,5-14H2,1-4H3/t16-,19+,20-,21+,22-,24-,25+/m0/s1. The molecule has 3 saturated carbocycles.